The van der Waals surface area contributed by atoms with Crippen LogP contribution >= 0.6 is 0 Å². The molecule has 0 saturated heterocycles. The topological polar surface area (TPSA) is 52.6 Å². The smallest absolute Gasteiger partial charge is 0.153 e. The minimum absolute atomic E-state index is 0.319. The fourth-order valence-electron chi connectivity index (χ4n) is 2.57. The number of carbonyl (C=O) groups excluding carboxylic acids is 2. The van der Waals surface area contributed by atoms with Gasteiger partial charge in [-0.25, -0.2) is 0 Å². The van der Waals surface area contributed by atoms with Gasteiger partial charge in [0.25, 0.3) is 0 Å². The molecule has 3 aromatic rings. The van der Waals surface area contributed by atoms with Crippen LogP contribution in [0.2, 0.25) is 0 Å². The third kappa shape index (κ3) is 4.16. The molecule has 4 heteroatoms. The van der Waals surface area contributed by atoms with Crippen molar-refractivity contribution >= 4 is 12.6 Å². The zero-order valence-electron chi connectivity index (χ0n) is 14.1. The van der Waals surface area contributed by atoms with E-state index < -0.39 is 0 Å². The zero-order chi connectivity index (χ0) is 18.2. The molecule has 0 unspecified atom stereocenters. The Morgan fingerprint density at radius 1 is 0.577 bits per heavy atom. The van der Waals surface area contributed by atoms with Crippen LogP contribution in [0.1, 0.15) is 31.8 Å². The van der Waals surface area contributed by atoms with E-state index in [1.165, 1.54) is 0 Å². The molecule has 130 valence electrons. The molecule has 0 aromatic heterocycles. The van der Waals surface area contributed by atoms with Crippen molar-refractivity contribution in [2.24, 2.45) is 0 Å². The fraction of sp³-hybridized carbons (Fsp3) is 0.0909. The van der Waals surface area contributed by atoms with E-state index in [4.69, 9.17) is 9.47 Å². The summed E-state index contributed by atoms with van der Waals surface area (Å²) in [7, 11) is 0. The molecule has 3 rings (SSSR count). The Hall–Kier alpha value is -3.40. The second-order valence-corrected chi connectivity index (χ2v) is 5.66. The van der Waals surface area contributed by atoms with Gasteiger partial charge in [-0.05, 0) is 35.4 Å². The van der Waals surface area contributed by atoms with Crippen LogP contribution in [0.25, 0.3) is 0 Å². The summed E-state index contributed by atoms with van der Waals surface area (Å²) in [6, 6.07) is 22.0. The Kier molecular flexibility index (Phi) is 5.78. The van der Waals surface area contributed by atoms with Crippen molar-refractivity contribution in [3.05, 3.63) is 95.1 Å². The van der Waals surface area contributed by atoms with Crippen LogP contribution in [0.5, 0.6) is 11.5 Å². The lowest BCUT2D eigenvalue weighted by Gasteiger charge is -2.13. The molecule has 0 aliphatic rings. The third-order valence-electron chi connectivity index (χ3n) is 3.98. The summed E-state index contributed by atoms with van der Waals surface area (Å²) in [5.74, 6) is 1.09. The maximum atomic E-state index is 11.1. The number of carbonyl (C=O) groups is 2. The summed E-state index contributed by atoms with van der Waals surface area (Å²) in [6.07, 6.45) is 1.56. The van der Waals surface area contributed by atoms with Gasteiger partial charge in [-0.3, -0.25) is 9.59 Å². The van der Waals surface area contributed by atoms with Crippen LogP contribution in [0.3, 0.4) is 0 Å². The van der Waals surface area contributed by atoms with Crippen molar-refractivity contribution in [2.45, 2.75) is 13.2 Å². The van der Waals surface area contributed by atoms with E-state index in [0.29, 0.717) is 35.8 Å². The molecule has 0 aliphatic heterocycles. The van der Waals surface area contributed by atoms with Crippen molar-refractivity contribution in [1.29, 1.82) is 0 Å². The highest BCUT2D eigenvalue weighted by Crippen LogP contribution is 2.21. The molecule has 26 heavy (non-hydrogen) atoms. The largest absolute Gasteiger partial charge is 0.488 e. The number of para-hydroxylation sites is 2. The monoisotopic (exact) mass is 346 g/mol. The second-order valence-electron chi connectivity index (χ2n) is 5.66. The molecule has 0 spiro atoms. The summed E-state index contributed by atoms with van der Waals surface area (Å²) in [5, 5.41) is 0. The van der Waals surface area contributed by atoms with Crippen LogP contribution in [0.4, 0.5) is 0 Å². The van der Waals surface area contributed by atoms with E-state index in [1.54, 1.807) is 36.4 Å². The minimum atomic E-state index is 0.319. The molecule has 4 nitrogen and oxygen atoms in total. The van der Waals surface area contributed by atoms with Crippen LogP contribution in [-0.2, 0) is 13.2 Å². The Morgan fingerprint density at radius 2 is 0.962 bits per heavy atom. The van der Waals surface area contributed by atoms with Crippen LogP contribution in [0.15, 0.2) is 72.8 Å². The Balaban J connectivity index is 1.72. The number of benzene rings is 3. The molecule has 0 radical (unpaired) electrons. The Labute approximate surface area is 152 Å². The van der Waals surface area contributed by atoms with E-state index in [1.807, 2.05) is 36.4 Å². The van der Waals surface area contributed by atoms with E-state index in [0.717, 1.165) is 23.7 Å². The van der Waals surface area contributed by atoms with Gasteiger partial charge in [0, 0.05) is 0 Å². The zero-order valence-corrected chi connectivity index (χ0v) is 14.1. The van der Waals surface area contributed by atoms with Crippen LogP contribution in [0, 0.1) is 0 Å². The number of hydrogen-bond donors (Lipinski definition) is 0. The molecule has 0 heterocycles. The average Bonchev–Trinajstić information content (AvgIpc) is 2.71. The summed E-state index contributed by atoms with van der Waals surface area (Å²) in [4.78, 5) is 22.2. The lowest BCUT2D eigenvalue weighted by Crippen LogP contribution is -2.05. The van der Waals surface area contributed by atoms with E-state index in [-0.39, 0.29) is 0 Å². The predicted octanol–water partition coefficient (Wildman–Crippen LogP) is 4.47. The standard InChI is InChI=1S/C22H18O4/c23-13-17-7-3-5-11-21(17)25-15-19-9-1-2-10-20(19)16-26-22-12-6-4-8-18(22)14-24/h1-14H,15-16H2. The molecule has 3 aromatic carbocycles. The summed E-state index contributed by atoms with van der Waals surface area (Å²) < 4.78 is 11.6. The van der Waals surface area contributed by atoms with Crippen molar-refractivity contribution in [2.75, 3.05) is 0 Å². The molecule has 0 atom stereocenters. The molecule has 0 amide bonds. The van der Waals surface area contributed by atoms with E-state index in [2.05, 4.69) is 0 Å². The number of rotatable bonds is 8. The number of ether oxygens (including phenoxy) is 2. The number of hydrogen-bond acceptors (Lipinski definition) is 4. The molecular formula is C22H18O4. The molecule has 0 fully saturated rings. The molecular weight excluding hydrogens is 328 g/mol. The fourth-order valence-corrected chi connectivity index (χ4v) is 2.57. The first-order chi connectivity index (χ1) is 12.8. The van der Waals surface area contributed by atoms with Gasteiger partial charge in [-0.1, -0.05) is 48.5 Å². The Bertz CT molecular complexity index is 827. The van der Waals surface area contributed by atoms with Crippen LogP contribution < -0.4 is 9.47 Å². The second kappa shape index (κ2) is 8.62. The Morgan fingerprint density at radius 3 is 1.38 bits per heavy atom. The summed E-state index contributed by atoms with van der Waals surface area (Å²) >= 11 is 0. The van der Waals surface area contributed by atoms with Gasteiger partial charge in [-0.2, -0.15) is 0 Å². The third-order valence-corrected chi connectivity index (χ3v) is 3.98. The van der Waals surface area contributed by atoms with Gasteiger partial charge >= 0.3 is 0 Å². The van der Waals surface area contributed by atoms with Gasteiger partial charge in [0.05, 0.1) is 11.1 Å². The lowest BCUT2D eigenvalue weighted by atomic mass is 10.1. The van der Waals surface area contributed by atoms with Gasteiger partial charge < -0.3 is 9.47 Å². The normalized spacial score (nSPS) is 10.2. The van der Waals surface area contributed by atoms with Crippen molar-refractivity contribution < 1.29 is 19.1 Å². The first-order valence-electron chi connectivity index (χ1n) is 8.22. The maximum Gasteiger partial charge on any atom is 0.153 e. The highest BCUT2D eigenvalue weighted by Gasteiger charge is 2.08. The highest BCUT2D eigenvalue weighted by atomic mass is 16.5. The SMILES string of the molecule is O=Cc1ccccc1OCc1ccccc1COc1ccccc1C=O. The summed E-state index contributed by atoms with van der Waals surface area (Å²) in [5.41, 5.74) is 2.94. The van der Waals surface area contributed by atoms with Gasteiger partial charge in [-0.15, -0.1) is 0 Å². The molecule has 0 N–H and O–H groups in total. The quantitative estimate of drug-likeness (QED) is 0.565. The first-order valence-corrected chi connectivity index (χ1v) is 8.22. The maximum absolute atomic E-state index is 11.1. The predicted molar refractivity (Wildman–Crippen MR) is 98.8 cm³/mol. The van der Waals surface area contributed by atoms with Gasteiger partial charge in [0.2, 0.25) is 0 Å². The highest BCUT2D eigenvalue weighted by molar-refractivity contribution is 5.79. The van der Waals surface area contributed by atoms with E-state index >= 15 is 0 Å². The van der Waals surface area contributed by atoms with Crippen molar-refractivity contribution in [3.63, 3.8) is 0 Å². The van der Waals surface area contributed by atoms with Crippen molar-refractivity contribution in [1.82, 2.24) is 0 Å². The van der Waals surface area contributed by atoms with Gasteiger partial charge in [0.1, 0.15) is 24.7 Å². The average molecular weight is 346 g/mol. The lowest BCUT2D eigenvalue weighted by molar-refractivity contribution is 0.111. The first kappa shape index (κ1) is 17.4. The number of aldehydes is 2. The molecule has 0 bridgehead atoms. The molecule has 0 aliphatic carbocycles. The van der Waals surface area contributed by atoms with Gasteiger partial charge in [0.15, 0.2) is 12.6 Å². The minimum Gasteiger partial charge on any atom is -0.488 e. The van der Waals surface area contributed by atoms with E-state index in [9.17, 15) is 9.59 Å². The summed E-state index contributed by atoms with van der Waals surface area (Å²) in [6.45, 7) is 0.638. The van der Waals surface area contributed by atoms with Crippen molar-refractivity contribution in [3.8, 4) is 11.5 Å². The van der Waals surface area contributed by atoms with Crippen LogP contribution in [-0.4, -0.2) is 12.6 Å². The molecule has 0 saturated carbocycles.